The summed E-state index contributed by atoms with van der Waals surface area (Å²) in [5, 5.41) is 10.1. The largest absolute Gasteiger partial charge is 0.490 e. The van der Waals surface area contributed by atoms with Crippen molar-refractivity contribution in [2.24, 2.45) is 0 Å². The predicted octanol–water partition coefficient (Wildman–Crippen LogP) is 6.52. The summed E-state index contributed by atoms with van der Waals surface area (Å²) in [6, 6.07) is 21.0. The molecule has 0 N–H and O–H groups in total. The summed E-state index contributed by atoms with van der Waals surface area (Å²) in [7, 11) is 0. The Hall–Kier alpha value is -3.29. The Labute approximate surface area is 174 Å². The Balaban J connectivity index is 1.84. The number of rotatable bonds is 7. The molecular weight excluding hydrogens is 389 g/mol. The summed E-state index contributed by atoms with van der Waals surface area (Å²) in [6.07, 6.45) is 1.78. The quantitative estimate of drug-likeness (QED) is 0.330. The molecule has 0 spiro atoms. The minimum absolute atomic E-state index is 0.223. The van der Waals surface area contributed by atoms with Crippen LogP contribution in [0.15, 0.2) is 66.7 Å². The highest BCUT2D eigenvalue weighted by Crippen LogP contribution is 2.31. The summed E-state index contributed by atoms with van der Waals surface area (Å²) in [6.45, 7) is 2.57. The molecule has 0 aliphatic carbocycles. The third kappa shape index (κ3) is 5.60. The first kappa shape index (κ1) is 20.4. The summed E-state index contributed by atoms with van der Waals surface area (Å²) in [5.41, 5.74) is 2.82. The van der Waals surface area contributed by atoms with Crippen molar-refractivity contribution in [1.82, 2.24) is 0 Å². The smallest absolute Gasteiger partial charge is 0.161 e. The molecule has 0 aromatic heterocycles. The van der Waals surface area contributed by atoms with Gasteiger partial charge < -0.3 is 9.47 Å². The maximum Gasteiger partial charge on any atom is 0.161 e. The van der Waals surface area contributed by atoms with E-state index >= 15 is 0 Å². The molecule has 3 rings (SSSR count). The second-order valence-electron chi connectivity index (χ2n) is 6.23. The van der Waals surface area contributed by atoms with Crippen molar-refractivity contribution in [3.8, 4) is 17.6 Å². The molecule has 0 amide bonds. The van der Waals surface area contributed by atoms with Gasteiger partial charge in [0.1, 0.15) is 12.4 Å². The van der Waals surface area contributed by atoms with Crippen molar-refractivity contribution in [1.29, 1.82) is 5.26 Å². The predicted molar refractivity (Wildman–Crippen MR) is 113 cm³/mol. The van der Waals surface area contributed by atoms with Crippen molar-refractivity contribution in [2.45, 2.75) is 13.5 Å². The molecule has 0 unspecified atom stereocenters. The maximum absolute atomic E-state index is 13.3. The van der Waals surface area contributed by atoms with Crippen LogP contribution in [0.25, 0.3) is 11.6 Å². The second-order valence-corrected chi connectivity index (χ2v) is 6.67. The average molecular weight is 408 g/mol. The molecule has 0 atom stereocenters. The second kappa shape index (κ2) is 9.77. The molecule has 0 saturated heterocycles. The van der Waals surface area contributed by atoms with E-state index in [1.54, 1.807) is 48.5 Å². The number of hydrogen-bond acceptors (Lipinski definition) is 3. The number of nitriles is 1. The number of nitrogens with zero attached hydrogens (tertiary/aromatic N) is 1. The van der Waals surface area contributed by atoms with E-state index in [0.717, 1.165) is 16.7 Å². The van der Waals surface area contributed by atoms with Gasteiger partial charge in [-0.1, -0.05) is 41.9 Å². The van der Waals surface area contributed by atoms with Crippen LogP contribution in [-0.2, 0) is 6.61 Å². The fourth-order valence-electron chi connectivity index (χ4n) is 2.77. The van der Waals surface area contributed by atoms with E-state index in [2.05, 4.69) is 6.07 Å². The van der Waals surface area contributed by atoms with Crippen LogP contribution < -0.4 is 9.47 Å². The van der Waals surface area contributed by atoms with Crippen molar-refractivity contribution < 1.29 is 13.9 Å². The molecule has 29 heavy (non-hydrogen) atoms. The summed E-state index contributed by atoms with van der Waals surface area (Å²) in [4.78, 5) is 0. The maximum atomic E-state index is 13.3. The highest BCUT2D eigenvalue weighted by molar-refractivity contribution is 6.30. The lowest BCUT2D eigenvalue weighted by molar-refractivity contribution is 0.269. The molecule has 0 heterocycles. The molecule has 3 aromatic rings. The van der Waals surface area contributed by atoms with Crippen molar-refractivity contribution in [2.75, 3.05) is 6.61 Å². The first-order chi connectivity index (χ1) is 14.1. The number of benzene rings is 3. The molecule has 5 heteroatoms. The van der Waals surface area contributed by atoms with E-state index in [0.29, 0.717) is 28.7 Å². The zero-order valence-corrected chi connectivity index (χ0v) is 16.6. The van der Waals surface area contributed by atoms with Crippen molar-refractivity contribution >= 4 is 23.3 Å². The normalized spacial score (nSPS) is 11.0. The molecule has 0 saturated carbocycles. The average Bonchev–Trinajstić information content (AvgIpc) is 2.72. The zero-order chi connectivity index (χ0) is 20.6. The Kier molecular flexibility index (Phi) is 6.89. The Morgan fingerprint density at radius 3 is 2.52 bits per heavy atom. The zero-order valence-electron chi connectivity index (χ0n) is 15.9. The molecule has 0 fully saturated rings. The number of ether oxygens (including phenoxy) is 2. The van der Waals surface area contributed by atoms with Crippen molar-refractivity contribution in [3.63, 3.8) is 0 Å². The topological polar surface area (TPSA) is 42.2 Å². The van der Waals surface area contributed by atoms with Crippen LogP contribution in [-0.4, -0.2) is 6.61 Å². The fraction of sp³-hybridized carbons (Fsp3) is 0.125. The van der Waals surface area contributed by atoms with Gasteiger partial charge in [0.05, 0.1) is 18.2 Å². The lowest BCUT2D eigenvalue weighted by Gasteiger charge is -2.13. The standard InChI is InChI=1S/C24H19ClFNO2/c1-2-28-24-14-17(12-20(15-27)19-7-9-21(25)10-8-19)6-11-23(24)29-16-18-4-3-5-22(26)13-18/h3-14H,2,16H2,1H3/b20-12+. The molecule has 0 radical (unpaired) electrons. The Morgan fingerprint density at radius 2 is 1.83 bits per heavy atom. The number of hydrogen-bond donors (Lipinski definition) is 0. The van der Waals surface area contributed by atoms with Gasteiger partial charge in [-0.25, -0.2) is 4.39 Å². The van der Waals surface area contributed by atoms with E-state index in [1.807, 2.05) is 19.1 Å². The minimum Gasteiger partial charge on any atom is -0.490 e. The molecule has 146 valence electrons. The third-order valence-electron chi connectivity index (χ3n) is 4.14. The molecule has 0 bridgehead atoms. The van der Waals surface area contributed by atoms with Gasteiger partial charge in [-0.05, 0) is 66.1 Å². The molecule has 3 aromatic carbocycles. The van der Waals surface area contributed by atoms with Gasteiger partial charge in [0.2, 0.25) is 0 Å². The van der Waals surface area contributed by atoms with Gasteiger partial charge in [0, 0.05) is 5.02 Å². The van der Waals surface area contributed by atoms with Crippen LogP contribution in [0.2, 0.25) is 5.02 Å². The minimum atomic E-state index is -0.303. The third-order valence-corrected chi connectivity index (χ3v) is 4.39. The number of allylic oxidation sites excluding steroid dienone is 1. The van der Waals surface area contributed by atoms with E-state index < -0.39 is 0 Å². The van der Waals surface area contributed by atoms with Gasteiger partial charge in [-0.2, -0.15) is 5.26 Å². The Morgan fingerprint density at radius 1 is 1.03 bits per heavy atom. The van der Waals surface area contributed by atoms with E-state index in [9.17, 15) is 9.65 Å². The van der Waals surface area contributed by atoms with E-state index in [4.69, 9.17) is 21.1 Å². The Bertz CT molecular complexity index is 1060. The summed E-state index contributed by atoms with van der Waals surface area (Å²) >= 11 is 5.92. The van der Waals surface area contributed by atoms with Gasteiger partial charge in [-0.3, -0.25) is 0 Å². The lowest BCUT2D eigenvalue weighted by atomic mass is 10.0. The molecule has 0 aliphatic heterocycles. The van der Waals surface area contributed by atoms with Gasteiger partial charge in [0.25, 0.3) is 0 Å². The lowest BCUT2D eigenvalue weighted by Crippen LogP contribution is -2.00. The first-order valence-corrected chi connectivity index (χ1v) is 9.48. The first-order valence-electron chi connectivity index (χ1n) is 9.11. The van der Waals surface area contributed by atoms with E-state index in [1.165, 1.54) is 12.1 Å². The van der Waals surface area contributed by atoms with Gasteiger partial charge >= 0.3 is 0 Å². The monoisotopic (exact) mass is 407 g/mol. The SMILES string of the molecule is CCOc1cc(/C=C(\C#N)c2ccc(Cl)cc2)ccc1OCc1cccc(F)c1. The van der Waals surface area contributed by atoms with Crippen LogP contribution in [0.4, 0.5) is 4.39 Å². The van der Waals surface area contributed by atoms with Crippen LogP contribution in [0, 0.1) is 17.1 Å². The van der Waals surface area contributed by atoms with Crippen LogP contribution in [0.3, 0.4) is 0 Å². The number of halogens is 2. The highest BCUT2D eigenvalue weighted by Gasteiger charge is 2.08. The van der Waals surface area contributed by atoms with Crippen molar-refractivity contribution in [3.05, 3.63) is 94.3 Å². The summed E-state index contributed by atoms with van der Waals surface area (Å²) in [5.74, 6) is 0.812. The van der Waals surface area contributed by atoms with Gasteiger partial charge in [-0.15, -0.1) is 0 Å². The molecular formula is C24H19ClFNO2. The molecule has 0 aliphatic rings. The molecule has 3 nitrogen and oxygen atoms in total. The van der Waals surface area contributed by atoms with E-state index in [-0.39, 0.29) is 12.4 Å². The van der Waals surface area contributed by atoms with Crippen LogP contribution >= 0.6 is 11.6 Å². The van der Waals surface area contributed by atoms with Gasteiger partial charge in [0.15, 0.2) is 11.5 Å². The van der Waals surface area contributed by atoms with Crippen LogP contribution in [0.5, 0.6) is 11.5 Å². The fourth-order valence-corrected chi connectivity index (χ4v) is 2.89. The summed E-state index contributed by atoms with van der Waals surface area (Å²) < 4.78 is 24.9. The van der Waals surface area contributed by atoms with Crippen LogP contribution in [0.1, 0.15) is 23.6 Å². The highest BCUT2D eigenvalue weighted by atomic mass is 35.5.